The zero-order valence-corrected chi connectivity index (χ0v) is 10.9. The van der Waals surface area contributed by atoms with Gasteiger partial charge in [-0.25, -0.2) is 4.98 Å². The van der Waals surface area contributed by atoms with Crippen molar-refractivity contribution < 1.29 is 18.0 Å². The molecule has 0 spiro atoms. The maximum Gasteiger partial charge on any atom is 0.288 e. The van der Waals surface area contributed by atoms with Crippen molar-refractivity contribution in [3.63, 3.8) is 0 Å². The highest BCUT2D eigenvalue weighted by molar-refractivity contribution is 7.99. The molecular formula is C12H10F3N3OS. The summed E-state index contributed by atoms with van der Waals surface area (Å²) in [6, 6.07) is 4.15. The Labute approximate surface area is 116 Å². The Kier molecular flexibility index (Phi) is 4.33. The van der Waals surface area contributed by atoms with Gasteiger partial charge in [-0.2, -0.15) is 13.2 Å². The molecule has 0 saturated heterocycles. The van der Waals surface area contributed by atoms with Crippen molar-refractivity contribution >= 4 is 17.7 Å². The Morgan fingerprint density at radius 2 is 2.20 bits per heavy atom. The number of pyridine rings is 1. The zero-order valence-electron chi connectivity index (χ0n) is 10.1. The van der Waals surface area contributed by atoms with Crippen LogP contribution in [0.5, 0.6) is 0 Å². The van der Waals surface area contributed by atoms with Crippen LogP contribution in [0.15, 0.2) is 35.5 Å². The zero-order chi connectivity index (χ0) is 14.7. The Bertz CT molecular complexity index is 630. The van der Waals surface area contributed by atoms with Crippen LogP contribution < -0.4 is 5.73 Å². The summed E-state index contributed by atoms with van der Waals surface area (Å²) in [4.78, 5) is 14.9. The van der Waals surface area contributed by atoms with Gasteiger partial charge in [0.25, 0.3) is 11.7 Å². The maximum absolute atomic E-state index is 13.0. The van der Waals surface area contributed by atoms with Gasteiger partial charge in [-0.1, -0.05) is 11.8 Å². The summed E-state index contributed by atoms with van der Waals surface area (Å²) in [5.41, 5.74) is 5.74. The normalized spacial score (nSPS) is 11.0. The molecule has 0 atom stereocenters. The predicted molar refractivity (Wildman–Crippen MR) is 68.1 cm³/mol. The van der Waals surface area contributed by atoms with Gasteiger partial charge < -0.3 is 10.3 Å². The van der Waals surface area contributed by atoms with Crippen LogP contribution in [0, 0.1) is 5.95 Å². The smallest absolute Gasteiger partial charge is 0.288 e. The highest BCUT2D eigenvalue weighted by Gasteiger charge is 2.18. The lowest BCUT2D eigenvalue weighted by molar-refractivity contribution is 0.0989. The van der Waals surface area contributed by atoms with E-state index < -0.39 is 17.6 Å². The lowest BCUT2D eigenvalue weighted by Gasteiger charge is -2.08. The molecule has 8 heteroatoms. The molecule has 0 aliphatic carbocycles. The van der Waals surface area contributed by atoms with E-state index >= 15 is 0 Å². The van der Waals surface area contributed by atoms with E-state index in [-0.39, 0.29) is 28.9 Å². The van der Waals surface area contributed by atoms with E-state index in [4.69, 9.17) is 5.73 Å². The van der Waals surface area contributed by atoms with Gasteiger partial charge in [0.15, 0.2) is 0 Å². The molecule has 0 bridgehead atoms. The molecule has 2 N–H and O–H groups in total. The Hall–Kier alpha value is -1.96. The lowest BCUT2D eigenvalue weighted by Crippen LogP contribution is -2.18. The molecule has 0 saturated carbocycles. The van der Waals surface area contributed by atoms with Gasteiger partial charge >= 0.3 is 0 Å². The minimum Gasteiger partial charge on any atom is -0.364 e. The van der Waals surface area contributed by atoms with Gasteiger partial charge in [-0.3, -0.25) is 4.79 Å². The van der Waals surface area contributed by atoms with Gasteiger partial charge in [-0.15, -0.1) is 0 Å². The number of halogens is 3. The maximum atomic E-state index is 13.0. The molecule has 1 amide bonds. The van der Waals surface area contributed by atoms with E-state index in [1.807, 2.05) is 0 Å². The fraction of sp³-hybridized carbons (Fsp3) is 0.167. The average Bonchev–Trinajstić information content (AvgIpc) is 2.71. The van der Waals surface area contributed by atoms with Gasteiger partial charge in [0.2, 0.25) is 5.95 Å². The summed E-state index contributed by atoms with van der Waals surface area (Å²) in [7, 11) is 0. The van der Waals surface area contributed by atoms with E-state index in [9.17, 15) is 18.0 Å². The third-order valence-corrected chi connectivity index (χ3v) is 3.28. The molecule has 0 fully saturated rings. The van der Waals surface area contributed by atoms with Crippen LogP contribution in [0.3, 0.4) is 0 Å². The number of carbonyl (C=O) groups excluding carboxylic acids is 1. The molecule has 2 heterocycles. The first-order valence-corrected chi connectivity index (χ1v) is 6.39. The molecule has 4 nitrogen and oxygen atoms in total. The van der Waals surface area contributed by atoms with Crippen molar-refractivity contribution in [3.8, 4) is 0 Å². The summed E-state index contributed by atoms with van der Waals surface area (Å²) >= 11 is 0.247. The number of alkyl halides is 2. The Morgan fingerprint density at radius 1 is 1.45 bits per heavy atom. The SMILES string of the molecule is NC(=O)c1c(SC(F)F)ccn1Cc1ccnc(F)c1. The third kappa shape index (κ3) is 3.32. The lowest BCUT2D eigenvalue weighted by atomic mass is 10.2. The topological polar surface area (TPSA) is 60.9 Å². The number of hydrogen-bond donors (Lipinski definition) is 1. The largest absolute Gasteiger partial charge is 0.364 e. The standard InChI is InChI=1S/C12H10F3N3OS/c13-9-5-7(1-3-17-9)6-18-4-2-8(20-12(14)15)10(18)11(16)19/h1-5,12H,6H2,(H2,16,19). The number of rotatable bonds is 5. The van der Waals surface area contributed by atoms with Crippen LogP contribution in [-0.4, -0.2) is 21.2 Å². The van der Waals surface area contributed by atoms with Crippen LogP contribution in [-0.2, 0) is 6.54 Å². The summed E-state index contributed by atoms with van der Waals surface area (Å²) in [6.45, 7) is 0.140. The van der Waals surface area contributed by atoms with Crippen molar-refractivity contribution in [1.82, 2.24) is 9.55 Å². The number of carbonyl (C=O) groups is 1. The number of nitrogens with two attached hydrogens (primary N) is 1. The summed E-state index contributed by atoms with van der Waals surface area (Å²) in [5.74, 6) is -4.12. The van der Waals surface area contributed by atoms with E-state index in [2.05, 4.69) is 4.98 Å². The fourth-order valence-electron chi connectivity index (χ4n) is 1.78. The fourth-order valence-corrected chi connectivity index (χ4v) is 2.44. The number of nitrogens with zero attached hydrogens (tertiary/aromatic N) is 2. The molecule has 20 heavy (non-hydrogen) atoms. The summed E-state index contributed by atoms with van der Waals surface area (Å²) in [6.07, 6.45) is 2.75. The molecule has 2 aromatic heterocycles. The predicted octanol–water partition coefficient (Wildman–Crippen LogP) is 2.48. The van der Waals surface area contributed by atoms with Crippen molar-refractivity contribution in [3.05, 3.63) is 47.8 Å². The molecule has 2 aromatic rings. The molecule has 0 aromatic carbocycles. The molecule has 0 aliphatic rings. The first kappa shape index (κ1) is 14.4. The van der Waals surface area contributed by atoms with E-state index in [1.54, 1.807) is 6.07 Å². The van der Waals surface area contributed by atoms with Crippen LogP contribution in [0.4, 0.5) is 13.2 Å². The minimum absolute atomic E-state index is 0.0208. The second-order valence-electron chi connectivity index (χ2n) is 3.89. The van der Waals surface area contributed by atoms with Crippen molar-refractivity contribution in [2.24, 2.45) is 5.73 Å². The Morgan fingerprint density at radius 3 is 2.80 bits per heavy atom. The van der Waals surface area contributed by atoms with Crippen molar-refractivity contribution in [2.45, 2.75) is 17.2 Å². The number of thioether (sulfide) groups is 1. The quantitative estimate of drug-likeness (QED) is 0.682. The third-order valence-electron chi connectivity index (χ3n) is 2.52. The molecule has 0 aliphatic heterocycles. The van der Waals surface area contributed by atoms with Gasteiger partial charge in [-0.05, 0) is 23.8 Å². The molecule has 106 valence electrons. The summed E-state index contributed by atoms with van der Waals surface area (Å²) < 4.78 is 39.2. The first-order valence-electron chi connectivity index (χ1n) is 5.51. The van der Waals surface area contributed by atoms with Crippen LogP contribution >= 0.6 is 11.8 Å². The molecule has 0 radical (unpaired) electrons. The van der Waals surface area contributed by atoms with E-state index in [0.717, 1.165) is 0 Å². The van der Waals surface area contributed by atoms with Gasteiger partial charge in [0, 0.05) is 23.8 Å². The number of aromatic nitrogens is 2. The van der Waals surface area contributed by atoms with Crippen LogP contribution in [0.2, 0.25) is 0 Å². The van der Waals surface area contributed by atoms with Crippen molar-refractivity contribution in [2.75, 3.05) is 0 Å². The number of amides is 1. The highest BCUT2D eigenvalue weighted by Crippen LogP contribution is 2.29. The van der Waals surface area contributed by atoms with Gasteiger partial charge in [0.05, 0.1) is 0 Å². The molecule has 2 rings (SSSR count). The highest BCUT2D eigenvalue weighted by atomic mass is 32.2. The first-order chi connectivity index (χ1) is 9.47. The second kappa shape index (κ2) is 6.00. The minimum atomic E-state index is -2.65. The van der Waals surface area contributed by atoms with E-state index in [0.29, 0.717) is 5.56 Å². The van der Waals surface area contributed by atoms with Crippen molar-refractivity contribution in [1.29, 1.82) is 0 Å². The number of hydrogen-bond acceptors (Lipinski definition) is 3. The molecule has 0 unspecified atom stereocenters. The Balaban J connectivity index is 2.32. The van der Waals surface area contributed by atoms with Crippen LogP contribution in [0.25, 0.3) is 0 Å². The number of primary amides is 1. The van der Waals surface area contributed by atoms with Crippen LogP contribution in [0.1, 0.15) is 16.1 Å². The average molecular weight is 301 g/mol. The van der Waals surface area contributed by atoms with E-state index in [1.165, 1.54) is 29.1 Å². The van der Waals surface area contributed by atoms with Gasteiger partial charge in [0.1, 0.15) is 5.69 Å². The summed E-state index contributed by atoms with van der Waals surface area (Å²) in [5, 5.41) is 0. The monoisotopic (exact) mass is 301 g/mol. The molecular weight excluding hydrogens is 291 g/mol. The second-order valence-corrected chi connectivity index (χ2v) is 4.92.